The maximum atomic E-state index is 8.73. The Kier molecular flexibility index (Phi) is 0.459. The Labute approximate surface area is 58.0 Å². The lowest BCUT2D eigenvalue weighted by molar-refractivity contribution is 0.577. The van der Waals surface area contributed by atoms with E-state index in [-0.39, 0.29) is 0 Å². The van der Waals surface area contributed by atoms with Crippen LogP contribution in [0.2, 0.25) is 1.41 Å². The van der Waals surface area contributed by atoms with Crippen LogP contribution in [0.5, 0.6) is 0 Å². The Balaban J connectivity index is 3.35. The normalized spacial score (nSPS) is 72.2. The summed E-state index contributed by atoms with van der Waals surface area (Å²) in [4.78, 5) is 0. The van der Waals surface area contributed by atoms with E-state index < -0.39 is 24.8 Å². The van der Waals surface area contributed by atoms with Gasteiger partial charge in [-0.05, 0) is 19.8 Å². The predicted molar refractivity (Wildman–Crippen MR) is 31.2 cm³/mol. The molecule has 0 aromatic rings. The molecule has 1 saturated heterocycles. The van der Waals surface area contributed by atoms with Crippen LogP contribution in [0.1, 0.15) is 20.2 Å². The van der Waals surface area contributed by atoms with E-state index in [2.05, 4.69) is 0 Å². The van der Waals surface area contributed by atoms with Gasteiger partial charge in [-0.3, -0.25) is 0 Å². The van der Waals surface area contributed by atoms with Gasteiger partial charge in [0.2, 0.25) is 0 Å². The highest BCUT2D eigenvalue weighted by Gasteiger charge is 2.21. The Hall–Kier alpha value is -0.550. The average Bonchev–Trinajstić information content (AvgIpc) is 2.19. The molecule has 1 aliphatic heterocycles. The zero-order valence-electron chi connectivity index (χ0n) is 10.5. The fourth-order valence-electron chi connectivity index (χ4n) is 0.480. The van der Waals surface area contributed by atoms with E-state index in [1.165, 1.54) is 13.0 Å². The van der Waals surface area contributed by atoms with E-state index in [1.807, 2.05) is 0 Å². The second-order valence-corrected chi connectivity index (χ2v) is 1.57. The van der Waals surface area contributed by atoms with Crippen LogP contribution in [0.25, 0.3) is 0 Å². The second kappa shape index (κ2) is 2.15. The maximum absolute atomic E-state index is 8.73. The van der Waals surface area contributed by atoms with Crippen molar-refractivity contribution in [2.75, 3.05) is 6.50 Å². The highest BCUT2D eigenvalue weighted by Crippen LogP contribution is 2.12. The van der Waals surface area contributed by atoms with Gasteiger partial charge in [-0.2, -0.15) is 5.26 Å². The minimum Gasteiger partial charge on any atom is -0.313 e. The first kappa shape index (κ1) is 1.71. The molecule has 0 aromatic heterocycles. The molecule has 0 saturated carbocycles. The maximum Gasteiger partial charge on any atom is 0.123 e. The van der Waals surface area contributed by atoms with Gasteiger partial charge in [0.05, 0.1) is 12.0 Å². The summed E-state index contributed by atoms with van der Waals surface area (Å²) in [6, 6.07) is 0.343. The van der Waals surface area contributed by atoms with Crippen molar-refractivity contribution in [2.24, 2.45) is 5.89 Å². The molecule has 0 spiro atoms. The summed E-state index contributed by atoms with van der Waals surface area (Å²) in [5.41, 5.74) is 0. The standard InChI is InChI=1S/C6H10N2/c1-5-6(4-7)2-3-8-5/h5-6,8H,2-3H2,1H3/i2D2,3D2,6D/hD. The van der Waals surface area contributed by atoms with Gasteiger partial charge < -0.3 is 5.31 Å². The van der Waals surface area contributed by atoms with E-state index in [4.69, 9.17) is 13.5 Å². The third-order valence-electron chi connectivity index (χ3n) is 0.987. The van der Waals surface area contributed by atoms with Crippen LogP contribution in [0.15, 0.2) is 0 Å². The van der Waals surface area contributed by atoms with Gasteiger partial charge in [0.1, 0.15) is 1.41 Å². The summed E-state index contributed by atoms with van der Waals surface area (Å²) in [5.74, 6) is -2.25. The smallest absolute Gasteiger partial charge is 0.123 e. The molecule has 0 bridgehead atoms. The topological polar surface area (TPSA) is 35.8 Å². The average molecular weight is 116 g/mol. The van der Waals surface area contributed by atoms with Crippen molar-refractivity contribution in [3.8, 4) is 6.07 Å². The Bertz CT molecular complexity index is 297. The van der Waals surface area contributed by atoms with Crippen LogP contribution >= 0.6 is 0 Å². The summed E-state index contributed by atoms with van der Waals surface area (Å²) < 4.78 is 44.4. The first-order chi connectivity index (χ1) is 6.13. The molecule has 1 fully saturated rings. The zero-order chi connectivity index (χ0) is 11.4. The van der Waals surface area contributed by atoms with Gasteiger partial charge in [0.25, 0.3) is 0 Å². The number of hydrogen-bond acceptors (Lipinski definition) is 2. The van der Waals surface area contributed by atoms with Gasteiger partial charge >= 0.3 is 0 Å². The molecule has 0 aliphatic carbocycles. The lowest BCUT2D eigenvalue weighted by Gasteiger charge is -2.03. The second-order valence-electron chi connectivity index (χ2n) is 1.57. The molecule has 0 amide bonds. The van der Waals surface area contributed by atoms with Crippen LogP contribution in [-0.2, 0) is 0 Å². The molecule has 2 heteroatoms. The largest absolute Gasteiger partial charge is 0.313 e. The highest BCUT2D eigenvalue weighted by molar-refractivity contribution is 4.94. The van der Waals surface area contributed by atoms with Crippen molar-refractivity contribution in [3.63, 3.8) is 0 Å². The quantitative estimate of drug-likeness (QED) is 0.500. The van der Waals surface area contributed by atoms with E-state index in [1.54, 1.807) is 0 Å². The number of rotatable bonds is 0. The van der Waals surface area contributed by atoms with Gasteiger partial charge in [0, 0.05) is 12.9 Å². The summed E-state index contributed by atoms with van der Waals surface area (Å²) in [7, 11) is 0. The van der Waals surface area contributed by atoms with Crippen molar-refractivity contribution >= 4 is 0 Å². The van der Waals surface area contributed by atoms with Gasteiger partial charge in [0.15, 0.2) is 0 Å². The monoisotopic (exact) mass is 116 g/mol. The molecule has 0 aromatic carbocycles. The third kappa shape index (κ3) is 0.823. The minimum atomic E-state index is -2.68. The first-order valence-electron chi connectivity index (χ1n) is 5.27. The van der Waals surface area contributed by atoms with Crippen molar-refractivity contribution in [3.05, 3.63) is 0 Å². The molecule has 1 N–H and O–H groups in total. The van der Waals surface area contributed by atoms with E-state index in [9.17, 15) is 0 Å². The van der Waals surface area contributed by atoms with Crippen LogP contribution in [0.4, 0.5) is 0 Å². The molecule has 1 heterocycles. The molecule has 0 radical (unpaired) electrons. The summed E-state index contributed by atoms with van der Waals surface area (Å²) in [5, 5.41) is 9.08. The molecule has 2 nitrogen and oxygen atoms in total. The molecule has 8 heavy (non-hydrogen) atoms. The number of hydrogen-bond donors (Lipinski definition) is 1. The van der Waals surface area contributed by atoms with Crippen LogP contribution in [-0.4, -0.2) is 12.5 Å². The number of nitriles is 1. The van der Waals surface area contributed by atoms with Gasteiger partial charge in [-0.25, -0.2) is 0 Å². The summed E-state index contributed by atoms with van der Waals surface area (Å²) in [6.07, 6.45) is -2.68. The SMILES string of the molecule is [2H]N1C(C)C([2H])(C#N)C([2H])([2H])C1([2H])[2H]. The molecule has 44 valence electrons. The van der Waals surface area contributed by atoms with Crippen molar-refractivity contribution in [1.82, 2.24) is 5.31 Å². The molecular weight excluding hydrogens is 100 g/mol. The van der Waals surface area contributed by atoms with Crippen LogP contribution in [0, 0.1) is 17.2 Å². The number of nitrogens with one attached hydrogen (secondary N) is 1. The van der Waals surface area contributed by atoms with Crippen molar-refractivity contribution < 1.29 is 8.27 Å². The highest BCUT2D eigenvalue weighted by atomic mass is 14.9. The van der Waals surface area contributed by atoms with Gasteiger partial charge in [-0.1, -0.05) is 0 Å². The molecule has 1 aliphatic rings. The lowest BCUT2D eigenvalue weighted by Crippen LogP contribution is -2.21. The summed E-state index contributed by atoms with van der Waals surface area (Å²) >= 11 is 0. The Morgan fingerprint density at radius 1 is 2.25 bits per heavy atom. The van der Waals surface area contributed by atoms with Crippen LogP contribution in [0.3, 0.4) is 0 Å². The predicted octanol–water partition coefficient (Wildman–Crippen LogP) is 0.508. The van der Waals surface area contributed by atoms with E-state index >= 15 is 0 Å². The van der Waals surface area contributed by atoms with E-state index in [0.717, 1.165) is 0 Å². The first-order valence-corrected chi connectivity index (χ1v) is 2.32. The fraction of sp³-hybridized carbons (Fsp3) is 0.833. The molecule has 2 unspecified atom stereocenters. The molecular formula is C6H10N2. The fourth-order valence-corrected chi connectivity index (χ4v) is 0.480. The summed E-state index contributed by atoms with van der Waals surface area (Å²) in [6.45, 7) is -1.32. The molecule has 2 atom stereocenters. The Morgan fingerprint density at radius 3 is 3.25 bits per heavy atom. The Morgan fingerprint density at radius 2 is 3.00 bits per heavy atom. The minimum absolute atomic E-state index is 0.350. The molecule has 1 rings (SSSR count). The van der Waals surface area contributed by atoms with Crippen molar-refractivity contribution in [2.45, 2.75) is 19.3 Å². The number of nitrogens with zero attached hydrogens (tertiary/aromatic N) is 1. The lowest BCUT2D eigenvalue weighted by atomic mass is 10.1. The zero-order valence-corrected chi connectivity index (χ0v) is 4.47. The van der Waals surface area contributed by atoms with Gasteiger partial charge in [-0.15, -0.1) is 0 Å². The van der Waals surface area contributed by atoms with E-state index in [0.29, 0.717) is 5.31 Å². The van der Waals surface area contributed by atoms with Crippen LogP contribution < -0.4 is 5.31 Å². The third-order valence-corrected chi connectivity index (χ3v) is 0.987. The van der Waals surface area contributed by atoms with Crippen molar-refractivity contribution in [1.29, 1.82) is 5.26 Å².